The lowest BCUT2D eigenvalue weighted by Gasteiger charge is -2.29. The number of carbonyl (C=O) groups is 1. The number of likely N-dealkylation sites (tertiary alicyclic amines) is 1. The van der Waals surface area contributed by atoms with E-state index in [0.29, 0.717) is 13.1 Å². The summed E-state index contributed by atoms with van der Waals surface area (Å²) in [6, 6.07) is 7.70. The Hall–Kier alpha value is -1.39. The van der Waals surface area contributed by atoms with Gasteiger partial charge in [0.1, 0.15) is 0 Å². The molecule has 1 aromatic carbocycles. The molecule has 1 amide bonds. The van der Waals surface area contributed by atoms with Crippen LogP contribution in [-0.4, -0.2) is 30.4 Å². The van der Waals surface area contributed by atoms with Gasteiger partial charge in [0, 0.05) is 12.2 Å². The van der Waals surface area contributed by atoms with E-state index >= 15 is 0 Å². The van der Waals surface area contributed by atoms with Crippen molar-refractivity contribution in [1.82, 2.24) is 4.90 Å². The van der Waals surface area contributed by atoms with Gasteiger partial charge in [0.15, 0.2) is 0 Å². The molecule has 4 nitrogen and oxygen atoms in total. The minimum atomic E-state index is 0.0590. The van der Waals surface area contributed by atoms with Crippen LogP contribution in [0, 0.1) is 5.92 Å². The number of hydrogen-bond acceptors (Lipinski definition) is 3. The highest BCUT2D eigenvalue weighted by molar-refractivity contribution is 5.92. The summed E-state index contributed by atoms with van der Waals surface area (Å²) in [5.41, 5.74) is 7.45. The molecule has 0 saturated carbocycles. The number of amides is 1. The fourth-order valence-electron chi connectivity index (χ4n) is 2.40. The Morgan fingerprint density at radius 1 is 1.42 bits per heavy atom. The van der Waals surface area contributed by atoms with Crippen LogP contribution in [-0.2, 0) is 11.3 Å². The van der Waals surface area contributed by atoms with Crippen molar-refractivity contribution in [2.75, 3.05) is 25.0 Å². The topological polar surface area (TPSA) is 58.4 Å². The number of carbonyl (C=O) groups excluding carboxylic acids is 1. The van der Waals surface area contributed by atoms with Crippen molar-refractivity contribution in [2.45, 2.75) is 26.3 Å². The van der Waals surface area contributed by atoms with Crippen LogP contribution in [0.15, 0.2) is 24.3 Å². The van der Waals surface area contributed by atoms with Crippen LogP contribution in [0.5, 0.6) is 0 Å². The van der Waals surface area contributed by atoms with Crippen molar-refractivity contribution in [3.8, 4) is 0 Å². The SMILES string of the molecule is CC1CCN(CC(=O)Nc2cccc(CN)c2)CC1. The highest BCUT2D eigenvalue weighted by atomic mass is 16.2. The number of rotatable bonds is 4. The number of hydrogen-bond donors (Lipinski definition) is 2. The van der Waals surface area contributed by atoms with Crippen molar-refractivity contribution in [3.05, 3.63) is 29.8 Å². The number of nitrogens with one attached hydrogen (secondary N) is 1. The zero-order chi connectivity index (χ0) is 13.7. The molecule has 0 spiro atoms. The number of nitrogens with zero attached hydrogens (tertiary/aromatic N) is 1. The van der Waals surface area contributed by atoms with E-state index in [1.807, 2.05) is 24.3 Å². The molecule has 1 saturated heterocycles. The van der Waals surface area contributed by atoms with E-state index in [2.05, 4.69) is 17.1 Å². The Morgan fingerprint density at radius 2 is 2.16 bits per heavy atom. The number of nitrogens with two attached hydrogens (primary N) is 1. The third-order valence-corrected chi connectivity index (χ3v) is 3.69. The van der Waals surface area contributed by atoms with Gasteiger partial charge in [-0.15, -0.1) is 0 Å². The maximum atomic E-state index is 12.0. The molecule has 1 aliphatic heterocycles. The quantitative estimate of drug-likeness (QED) is 0.869. The van der Waals surface area contributed by atoms with Gasteiger partial charge in [-0.3, -0.25) is 9.69 Å². The first kappa shape index (κ1) is 14.0. The molecular formula is C15H23N3O. The van der Waals surface area contributed by atoms with Gasteiger partial charge in [0.25, 0.3) is 0 Å². The number of benzene rings is 1. The molecule has 19 heavy (non-hydrogen) atoms. The molecule has 1 aromatic rings. The molecule has 0 atom stereocenters. The Morgan fingerprint density at radius 3 is 2.84 bits per heavy atom. The van der Waals surface area contributed by atoms with E-state index in [4.69, 9.17) is 5.73 Å². The van der Waals surface area contributed by atoms with Crippen LogP contribution in [0.25, 0.3) is 0 Å². The molecule has 4 heteroatoms. The van der Waals surface area contributed by atoms with Gasteiger partial charge in [-0.2, -0.15) is 0 Å². The molecule has 0 radical (unpaired) electrons. The van der Waals surface area contributed by atoms with Crippen LogP contribution < -0.4 is 11.1 Å². The van der Waals surface area contributed by atoms with E-state index in [-0.39, 0.29) is 5.91 Å². The summed E-state index contributed by atoms with van der Waals surface area (Å²) in [5.74, 6) is 0.851. The standard InChI is InChI=1S/C15H23N3O/c1-12-5-7-18(8-6-12)11-15(19)17-14-4-2-3-13(9-14)10-16/h2-4,9,12H,5-8,10-11,16H2,1H3,(H,17,19). The van der Waals surface area contributed by atoms with Crippen LogP contribution in [0.1, 0.15) is 25.3 Å². The van der Waals surface area contributed by atoms with E-state index in [1.54, 1.807) is 0 Å². The Kier molecular flexibility index (Phi) is 4.93. The summed E-state index contributed by atoms with van der Waals surface area (Å²) in [6.45, 7) is 5.30. The summed E-state index contributed by atoms with van der Waals surface area (Å²) in [6.07, 6.45) is 2.38. The molecular weight excluding hydrogens is 238 g/mol. The smallest absolute Gasteiger partial charge is 0.238 e. The van der Waals surface area contributed by atoms with Crippen LogP contribution in [0.2, 0.25) is 0 Å². The first-order valence-electron chi connectivity index (χ1n) is 6.98. The van der Waals surface area contributed by atoms with E-state index in [0.717, 1.165) is 30.3 Å². The third kappa shape index (κ3) is 4.33. The van der Waals surface area contributed by atoms with E-state index in [9.17, 15) is 4.79 Å². The van der Waals surface area contributed by atoms with Gasteiger partial charge in [-0.1, -0.05) is 19.1 Å². The monoisotopic (exact) mass is 261 g/mol. The molecule has 1 aliphatic rings. The predicted molar refractivity (Wildman–Crippen MR) is 77.8 cm³/mol. The Balaban J connectivity index is 1.83. The maximum Gasteiger partial charge on any atom is 0.238 e. The first-order valence-corrected chi connectivity index (χ1v) is 6.98. The van der Waals surface area contributed by atoms with Crippen LogP contribution >= 0.6 is 0 Å². The van der Waals surface area contributed by atoms with Gasteiger partial charge >= 0.3 is 0 Å². The fourth-order valence-corrected chi connectivity index (χ4v) is 2.40. The lowest BCUT2D eigenvalue weighted by atomic mass is 9.99. The van der Waals surface area contributed by atoms with Crippen molar-refractivity contribution >= 4 is 11.6 Å². The molecule has 0 aromatic heterocycles. The summed E-state index contributed by atoms with van der Waals surface area (Å²) in [5, 5.41) is 2.94. The number of anilines is 1. The summed E-state index contributed by atoms with van der Waals surface area (Å²) < 4.78 is 0. The van der Waals surface area contributed by atoms with Crippen molar-refractivity contribution in [2.24, 2.45) is 11.7 Å². The molecule has 0 bridgehead atoms. The fraction of sp³-hybridized carbons (Fsp3) is 0.533. The third-order valence-electron chi connectivity index (χ3n) is 3.69. The van der Waals surface area contributed by atoms with E-state index in [1.165, 1.54) is 12.8 Å². The maximum absolute atomic E-state index is 12.0. The molecule has 2 rings (SSSR count). The predicted octanol–water partition coefficient (Wildman–Crippen LogP) is 1.82. The molecule has 0 unspecified atom stereocenters. The van der Waals surface area contributed by atoms with Gasteiger partial charge in [-0.25, -0.2) is 0 Å². The molecule has 1 heterocycles. The largest absolute Gasteiger partial charge is 0.326 e. The average molecular weight is 261 g/mol. The normalized spacial score (nSPS) is 17.4. The second-order valence-corrected chi connectivity index (χ2v) is 5.41. The highest BCUT2D eigenvalue weighted by Crippen LogP contribution is 2.16. The zero-order valence-corrected chi connectivity index (χ0v) is 11.6. The molecule has 104 valence electrons. The first-order chi connectivity index (χ1) is 9.17. The lowest BCUT2D eigenvalue weighted by molar-refractivity contribution is -0.117. The minimum absolute atomic E-state index is 0.0590. The Labute approximate surface area is 115 Å². The second kappa shape index (κ2) is 6.68. The Bertz CT molecular complexity index is 425. The summed E-state index contributed by atoms with van der Waals surface area (Å²) in [4.78, 5) is 14.2. The van der Waals surface area contributed by atoms with E-state index < -0.39 is 0 Å². The summed E-state index contributed by atoms with van der Waals surface area (Å²) >= 11 is 0. The van der Waals surface area contributed by atoms with Crippen molar-refractivity contribution in [3.63, 3.8) is 0 Å². The second-order valence-electron chi connectivity index (χ2n) is 5.41. The van der Waals surface area contributed by atoms with Crippen LogP contribution in [0.3, 0.4) is 0 Å². The highest BCUT2D eigenvalue weighted by Gasteiger charge is 2.17. The average Bonchev–Trinajstić information content (AvgIpc) is 2.41. The van der Waals surface area contributed by atoms with Crippen molar-refractivity contribution < 1.29 is 4.79 Å². The molecule has 0 aliphatic carbocycles. The number of piperidine rings is 1. The zero-order valence-electron chi connectivity index (χ0n) is 11.6. The van der Waals surface area contributed by atoms with Gasteiger partial charge < -0.3 is 11.1 Å². The minimum Gasteiger partial charge on any atom is -0.326 e. The van der Waals surface area contributed by atoms with Crippen LogP contribution in [0.4, 0.5) is 5.69 Å². The summed E-state index contributed by atoms with van der Waals surface area (Å²) in [7, 11) is 0. The molecule has 1 fully saturated rings. The van der Waals surface area contributed by atoms with Crippen molar-refractivity contribution in [1.29, 1.82) is 0 Å². The van der Waals surface area contributed by atoms with Gasteiger partial charge in [0.2, 0.25) is 5.91 Å². The molecule has 3 N–H and O–H groups in total. The lowest BCUT2D eigenvalue weighted by Crippen LogP contribution is -2.38. The van der Waals surface area contributed by atoms with Gasteiger partial charge in [-0.05, 0) is 49.5 Å². The van der Waals surface area contributed by atoms with Gasteiger partial charge in [0.05, 0.1) is 6.54 Å².